The van der Waals surface area contributed by atoms with Gasteiger partial charge in [-0.1, -0.05) is 36.8 Å². The van der Waals surface area contributed by atoms with Crippen LogP contribution >= 0.6 is 12.4 Å². The fourth-order valence-electron chi connectivity index (χ4n) is 4.31. The minimum Gasteiger partial charge on any atom is -0.353 e. The molecule has 6 nitrogen and oxygen atoms in total. The fraction of sp³-hybridized carbons (Fsp3) is 0.619. The molecular formula is C21H33ClN4O2. The van der Waals surface area contributed by atoms with E-state index < -0.39 is 0 Å². The minimum atomic E-state index is 0. The molecular weight excluding hydrogens is 376 g/mol. The zero-order valence-corrected chi connectivity index (χ0v) is 17.5. The molecule has 0 aromatic heterocycles. The number of urea groups is 1. The number of hydrogen-bond acceptors (Lipinski definition) is 3. The molecule has 1 aromatic rings. The number of nitrogens with two attached hydrogens (primary N) is 1. The lowest BCUT2D eigenvalue weighted by Crippen LogP contribution is -2.49. The third kappa shape index (κ3) is 5.61. The molecule has 2 atom stereocenters. The van der Waals surface area contributed by atoms with E-state index in [2.05, 4.69) is 5.32 Å². The first kappa shape index (κ1) is 22.5. The van der Waals surface area contributed by atoms with Crippen molar-refractivity contribution in [2.75, 3.05) is 26.7 Å². The number of halogens is 1. The maximum atomic E-state index is 12.7. The predicted molar refractivity (Wildman–Crippen MR) is 113 cm³/mol. The van der Waals surface area contributed by atoms with Gasteiger partial charge in [-0.05, 0) is 43.7 Å². The van der Waals surface area contributed by atoms with Crippen LogP contribution in [0.15, 0.2) is 30.3 Å². The number of carbonyl (C=O) groups excluding carboxylic acids is 2. The van der Waals surface area contributed by atoms with Crippen molar-refractivity contribution in [3.05, 3.63) is 35.9 Å². The van der Waals surface area contributed by atoms with Crippen molar-refractivity contribution in [1.29, 1.82) is 0 Å². The summed E-state index contributed by atoms with van der Waals surface area (Å²) in [7, 11) is 1.83. The van der Waals surface area contributed by atoms with E-state index in [1.54, 1.807) is 4.90 Å². The van der Waals surface area contributed by atoms with Gasteiger partial charge >= 0.3 is 6.03 Å². The highest BCUT2D eigenvalue weighted by atomic mass is 35.5. The van der Waals surface area contributed by atoms with Crippen LogP contribution in [0.2, 0.25) is 0 Å². The van der Waals surface area contributed by atoms with Gasteiger partial charge in [-0.25, -0.2) is 4.79 Å². The molecule has 0 bridgehead atoms. The molecule has 0 radical (unpaired) electrons. The molecule has 156 valence electrons. The maximum absolute atomic E-state index is 12.7. The largest absolute Gasteiger partial charge is 0.353 e. The van der Waals surface area contributed by atoms with E-state index in [-0.39, 0.29) is 36.3 Å². The predicted octanol–water partition coefficient (Wildman–Crippen LogP) is 2.62. The molecule has 0 spiro atoms. The van der Waals surface area contributed by atoms with Gasteiger partial charge < -0.3 is 20.9 Å². The van der Waals surface area contributed by atoms with Crippen LogP contribution in [-0.2, 0) is 11.3 Å². The second kappa shape index (κ2) is 10.7. The van der Waals surface area contributed by atoms with Crippen LogP contribution < -0.4 is 11.1 Å². The molecule has 2 aliphatic rings. The summed E-state index contributed by atoms with van der Waals surface area (Å²) in [5.74, 6) is 0.569. The van der Waals surface area contributed by atoms with Gasteiger partial charge in [-0.15, -0.1) is 12.4 Å². The Morgan fingerprint density at radius 1 is 1.14 bits per heavy atom. The summed E-state index contributed by atoms with van der Waals surface area (Å²) in [6.45, 7) is 2.52. The van der Waals surface area contributed by atoms with Crippen LogP contribution in [0, 0.1) is 11.8 Å². The Kier molecular flexibility index (Phi) is 8.58. The number of rotatable bonds is 5. The van der Waals surface area contributed by atoms with E-state index in [9.17, 15) is 9.59 Å². The molecule has 2 fully saturated rings. The molecule has 3 N–H and O–H groups in total. The van der Waals surface area contributed by atoms with Gasteiger partial charge in [0.1, 0.15) is 0 Å². The number of amides is 3. The number of nitrogens with one attached hydrogen (secondary N) is 1. The van der Waals surface area contributed by atoms with Gasteiger partial charge in [-0.3, -0.25) is 4.79 Å². The molecule has 1 aliphatic heterocycles. The number of likely N-dealkylation sites (tertiary alicyclic amines) is 1. The Morgan fingerprint density at radius 3 is 2.46 bits per heavy atom. The van der Waals surface area contributed by atoms with Crippen molar-refractivity contribution < 1.29 is 9.59 Å². The first-order valence-electron chi connectivity index (χ1n) is 10.1. The summed E-state index contributed by atoms with van der Waals surface area (Å²) in [4.78, 5) is 28.9. The zero-order chi connectivity index (χ0) is 19.2. The SMILES string of the molecule is CN(Cc1ccccc1)C(=O)N1CCC(C(=O)NC2CCCC2CN)CC1.Cl. The van der Waals surface area contributed by atoms with Crippen LogP contribution in [0.3, 0.4) is 0 Å². The minimum absolute atomic E-state index is 0. The second-order valence-corrected chi connectivity index (χ2v) is 7.93. The number of nitrogens with zero attached hydrogens (tertiary/aromatic N) is 2. The van der Waals surface area contributed by atoms with E-state index in [0.717, 1.165) is 37.7 Å². The molecule has 3 amide bonds. The third-order valence-corrected chi connectivity index (χ3v) is 6.01. The van der Waals surface area contributed by atoms with Crippen LogP contribution in [0.1, 0.15) is 37.7 Å². The van der Waals surface area contributed by atoms with Crippen molar-refractivity contribution in [2.45, 2.75) is 44.7 Å². The highest BCUT2D eigenvalue weighted by Crippen LogP contribution is 2.26. The lowest BCUT2D eigenvalue weighted by molar-refractivity contribution is -0.127. The van der Waals surface area contributed by atoms with Gasteiger partial charge in [0, 0.05) is 38.6 Å². The average molecular weight is 409 g/mol. The number of carbonyl (C=O) groups is 2. The summed E-state index contributed by atoms with van der Waals surface area (Å²) in [6.07, 6.45) is 4.76. The first-order chi connectivity index (χ1) is 13.1. The van der Waals surface area contributed by atoms with Crippen molar-refractivity contribution in [3.63, 3.8) is 0 Å². The van der Waals surface area contributed by atoms with Gasteiger partial charge in [0.25, 0.3) is 0 Å². The van der Waals surface area contributed by atoms with E-state index in [0.29, 0.717) is 32.1 Å². The normalized spacial score (nSPS) is 22.4. The van der Waals surface area contributed by atoms with Crippen molar-refractivity contribution in [1.82, 2.24) is 15.1 Å². The zero-order valence-electron chi connectivity index (χ0n) is 16.7. The average Bonchev–Trinajstić information content (AvgIpc) is 3.15. The molecule has 2 unspecified atom stereocenters. The number of hydrogen-bond donors (Lipinski definition) is 2. The smallest absolute Gasteiger partial charge is 0.320 e. The highest BCUT2D eigenvalue weighted by molar-refractivity contribution is 5.85. The maximum Gasteiger partial charge on any atom is 0.320 e. The molecule has 1 aliphatic carbocycles. The van der Waals surface area contributed by atoms with E-state index in [1.165, 1.54) is 0 Å². The Labute approximate surface area is 174 Å². The summed E-state index contributed by atoms with van der Waals surface area (Å²) in [5, 5.41) is 3.22. The summed E-state index contributed by atoms with van der Waals surface area (Å²) in [5.41, 5.74) is 6.93. The summed E-state index contributed by atoms with van der Waals surface area (Å²) < 4.78 is 0. The van der Waals surface area contributed by atoms with Crippen molar-refractivity contribution >= 4 is 24.3 Å². The van der Waals surface area contributed by atoms with Crippen LogP contribution in [-0.4, -0.2) is 54.5 Å². The van der Waals surface area contributed by atoms with E-state index in [1.807, 2.05) is 42.3 Å². The standard InChI is InChI=1S/C21H32N4O2.ClH/c1-24(15-16-6-3-2-4-7-16)21(27)25-12-10-17(11-13-25)20(26)23-19-9-5-8-18(19)14-22;/h2-4,6-7,17-19H,5,8-15,22H2,1H3,(H,23,26);1H. The first-order valence-corrected chi connectivity index (χ1v) is 10.1. The monoisotopic (exact) mass is 408 g/mol. The lowest BCUT2D eigenvalue weighted by atomic mass is 9.94. The Morgan fingerprint density at radius 2 is 1.82 bits per heavy atom. The van der Waals surface area contributed by atoms with E-state index >= 15 is 0 Å². The highest BCUT2D eigenvalue weighted by Gasteiger charge is 2.32. The molecule has 28 heavy (non-hydrogen) atoms. The molecule has 3 rings (SSSR count). The van der Waals surface area contributed by atoms with Gasteiger partial charge in [0.05, 0.1) is 0 Å². The lowest BCUT2D eigenvalue weighted by Gasteiger charge is -2.34. The van der Waals surface area contributed by atoms with Gasteiger partial charge in [0.2, 0.25) is 5.91 Å². The summed E-state index contributed by atoms with van der Waals surface area (Å²) >= 11 is 0. The van der Waals surface area contributed by atoms with Gasteiger partial charge in [-0.2, -0.15) is 0 Å². The van der Waals surface area contributed by atoms with Crippen molar-refractivity contribution in [3.8, 4) is 0 Å². The van der Waals surface area contributed by atoms with Crippen LogP contribution in [0.25, 0.3) is 0 Å². The molecule has 1 saturated heterocycles. The Balaban J connectivity index is 0.00000280. The Bertz CT molecular complexity index is 635. The quantitative estimate of drug-likeness (QED) is 0.786. The third-order valence-electron chi connectivity index (χ3n) is 6.01. The van der Waals surface area contributed by atoms with Crippen molar-refractivity contribution in [2.24, 2.45) is 17.6 Å². The molecule has 1 aromatic carbocycles. The molecule has 1 heterocycles. The van der Waals surface area contributed by atoms with Gasteiger partial charge in [0.15, 0.2) is 0 Å². The van der Waals surface area contributed by atoms with E-state index in [4.69, 9.17) is 5.73 Å². The summed E-state index contributed by atoms with van der Waals surface area (Å²) in [6, 6.07) is 10.3. The molecule has 1 saturated carbocycles. The van der Waals surface area contributed by atoms with Crippen LogP contribution in [0.4, 0.5) is 4.79 Å². The number of benzene rings is 1. The van der Waals surface area contributed by atoms with Crippen LogP contribution in [0.5, 0.6) is 0 Å². The topological polar surface area (TPSA) is 78.7 Å². The number of piperidine rings is 1. The second-order valence-electron chi connectivity index (χ2n) is 7.93. The molecule has 7 heteroatoms. The Hall–Kier alpha value is -1.79. The fourth-order valence-corrected chi connectivity index (χ4v) is 4.31.